The molecule has 0 aliphatic heterocycles. The van der Waals surface area contributed by atoms with Gasteiger partial charge >= 0.3 is 12.1 Å². The van der Waals surface area contributed by atoms with Crippen LogP contribution < -0.4 is 0 Å². The minimum Gasteiger partial charge on any atom is -0.462 e. The number of benzene rings is 1. The first-order valence-electron chi connectivity index (χ1n) is 9.42. The van der Waals surface area contributed by atoms with Gasteiger partial charge in [-0.2, -0.15) is 18.3 Å². The maximum atomic E-state index is 14.5. The second kappa shape index (κ2) is 8.66. The fourth-order valence-electron chi connectivity index (χ4n) is 3.20. The Morgan fingerprint density at radius 1 is 1.21 bits per heavy atom. The van der Waals surface area contributed by atoms with Crippen LogP contribution in [0.15, 0.2) is 53.3 Å². The maximum absolute atomic E-state index is 14.5. The van der Waals surface area contributed by atoms with Crippen LogP contribution in [0.2, 0.25) is 5.02 Å². The van der Waals surface area contributed by atoms with E-state index in [0.29, 0.717) is 4.68 Å². The molecule has 170 valence electrons. The number of alkyl halides is 3. The molecule has 0 aliphatic rings. The van der Waals surface area contributed by atoms with Crippen LogP contribution in [0.3, 0.4) is 0 Å². The van der Waals surface area contributed by atoms with E-state index in [9.17, 15) is 22.4 Å². The third kappa shape index (κ3) is 4.07. The molecule has 0 N–H and O–H groups in total. The standard InChI is InChI=1S/C21H13ClF4N4O3/c1-2-32-20(31)16-17(15-12(22)6-5-7-13(15)23)29-33-18(16)11-10-28-30(19(11)21(24,25)26)14-8-3-4-9-27-14/h3-10H,2H2,1H3. The Labute approximate surface area is 188 Å². The molecule has 0 aliphatic carbocycles. The number of aromatic nitrogens is 4. The van der Waals surface area contributed by atoms with E-state index in [1.54, 1.807) is 0 Å². The van der Waals surface area contributed by atoms with E-state index in [1.807, 2.05) is 0 Å². The van der Waals surface area contributed by atoms with Gasteiger partial charge in [-0.25, -0.2) is 18.9 Å². The average Bonchev–Trinajstić information content (AvgIpc) is 3.39. The Hall–Kier alpha value is -3.73. The van der Waals surface area contributed by atoms with Gasteiger partial charge in [0, 0.05) is 6.20 Å². The van der Waals surface area contributed by atoms with Crippen molar-refractivity contribution in [3.8, 4) is 28.4 Å². The number of esters is 1. The van der Waals surface area contributed by atoms with Crippen LogP contribution in [0, 0.1) is 5.82 Å². The van der Waals surface area contributed by atoms with Gasteiger partial charge in [0.1, 0.15) is 17.1 Å². The summed E-state index contributed by atoms with van der Waals surface area (Å²) < 4.78 is 67.6. The Balaban J connectivity index is 2.00. The number of rotatable bonds is 5. The van der Waals surface area contributed by atoms with Gasteiger partial charge in [0.15, 0.2) is 17.3 Å². The Morgan fingerprint density at radius 3 is 2.64 bits per heavy atom. The summed E-state index contributed by atoms with van der Waals surface area (Å²) in [6.45, 7) is 1.40. The first-order chi connectivity index (χ1) is 15.7. The molecule has 12 heteroatoms. The molecule has 33 heavy (non-hydrogen) atoms. The number of nitrogens with zero attached hydrogens (tertiary/aromatic N) is 4. The molecule has 4 rings (SSSR count). The van der Waals surface area contributed by atoms with Crippen molar-refractivity contribution < 1.29 is 31.6 Å². The minimum absolute atomic E-state index is 0.104. The third-order valence-corrected chi connectivity index (χ3v) is 4.83. The molecule has 7 nitrogen and oxygen atoms in total. The molecular weight excluding hydrogens is 468 g/mol. The van der Waals surface area contributed by atoms with Gasteiger partial charge in [0.05, 0.1) is 29.0 Å². The molecule has 0 radical (unpaired) electrons. The van der Waals surface area contributed by atoms with Crippen LogP contribution in [0.25, 0.3) is 28.4 Å². The third-order valence-electron chi connectivity index (χ3n) is 4.52. The summed E-state index contributed by atoms with van der Waals surface area (Å²) in [5.41, 5.74) is -3.11. The lowest BCUT2D eigenvalue weighted by atomic mass is 10.0. The van der Waals surface area contributed by atoms with E-state index >= 15 is 0 Å². The number of hydrogen-bond donors (Lipinski definition) is 0. The molecule has 0 unspecified atom stereocenters. The molecule has 0 saturated carbocycles. The van der Waals surface area contributed by atoms with E-state index in [2.05, 4.69) is 15.2 Å². The topological polar surface area (TPSA) is 83.0 Å². The lowest BCUT2D eigenvalue weighted by Crippen LogP contribution is -2.16. The van der Waals surface area contributed by atoms with Crippen molar-refractivity contribution in [3.63, 3.8) is 0 Å². The first kappa shape index (κ1) is 22.5. The van der Waals surface area contributed by atoms with Crippen LogP contribution in [0.4, 0.5) is 17.6 Å². The summed E-state index contributed by atoms with van der Waals surface area (Å²) in [5.74, 6) is -2.64. The summed E-state index contributed by atoms with van der Waals surface area (Å²) in [7, 11) is 0. The molecule has 0 saturated heterocycles. The predicted molar refractivity (Wildman–Crippen MR) is 108 cm³/mol. The van der Waals surface area contributed by atoms with Crippen molar-refractivity contribution in [2.45, 2.75) is 13.1 Å². The van der Waals surface area contributed by atoms with Crippen molar-refractivity contribution in [1.29, 1.82) is 0 Å². The number of carbonyl (C=O) groups excluding carboxylic acids is 1. The van der Waals surface area contributed by atoms with Crippen LogP contribution in [-0.2, 0) is 10.9 Å². The van der Waals surface area contributed by atoms with Gasteiger partial charge in [0.2, 0.25) is 0 Å². The van der Waals surface area contributed by atoms with Crippen molar-refractivity contribution in [1.82, 2.24) is 19.9 Å². The van der Waals surface area contributed by atoms with Gasteiger partial charge in [-0.05, 0) is 31.2 Å². The minimum atomic E-state index is -4.93. The molecule has 4 aromatic rings. The first-order valence-corrected chi connectivity index (χ1v) is 9.80. The zero-order chi connectivity index (χ0) is 23.8. The summed E-state index contributed by atoms with van der Waals surface area (Å²) in [5, 5.41) is 7.34. The zero-order valence-electron chi connectivity index (χ0n) is 16.7. The molecule has 0 spiro atoms. The molecule has 0 fully saturated rings. The quantitative estimate of drug-likeness (QED) is 0.274. The Bertz CT molecular complexity index is 1300. The lowest BCUT2D eigenvalue weighted by molar-refractivity contribution is -0.142. The van der Waals surface area contributed by atoms with Gasteiger partial charge in [-0.1, -0.05) is 28.9 Å². The van der Waals surface area contributed by atoms with Gasteiger partial charge in [0.25, 0.3) is 0 Å². The fraction of sp³-hybridized carbons (Fsp3) is 0.143. The molecule has 3 aromatic heterocycles. The average molecular weight is 481 g/mol. The highest BCUT2D eigenvalue weighted by atomic mass is 35.5. The van der Waals surface area contributed by atoms with E-state index in [0.717, 1.165) is 12.3 Å². The van der Waals surface area contributed by atoms with Crippen molar-refractivity contribution in [2.24, 2.45) is 0 Å². The molecule has 1 aromatic carbocycles. The van der Waals surface area contributed by atoms with Crippen LogP contribution >= 0.6 is 11.6 Å². The summed E-state index contributed by atoms with van der Waals surface area (Å²) in [6.07, 6.45) is -2.78. The summed E-state index contributed by atoms with van der Waals surface area (Å²) in [4.78, 5) is 16.6. The molecular formula is C21H13ClF4N4O3. The maximum Gasteiger partial charge on any atom is 0.434 e. The Kier molecular flexibility index (Phi) is 5.90. The number of ether oxygens (including phenoxy) is 1. The van der Waals surface area contributed by atoms with Crippen LogP contribution in [0.1, 0.15) is 23.0 Å². The van der Waals surface area contributed by atoms with Crippen molar-refractivity contribution >= 4 is 17.6 Å². The fourth-order valence-corrected chi connectivity index (χ4v) is 3.45. The smallest absolute Gasteiger partial charge is 0.434 e. The van der Waals surface area contributed by atoms with Gasteiger partial charge in [-0.15, -0.1) is 0 Å². The van der Waals surface area contributed by atoms with Gasteiger partial charge in [-0.3, -0.25) is 0 Å². The van der Waals surface area contributed by atoms with Crippen molar-refractivity contribution in [3.05, 3.63) is 70.9 Å². The SMILES string of the molecule is CCOC(=O)c1c(-c2c(F)cccc2Cl)noc1-c1cnn(-c2ccccn2)c1C(F)(F)F. The highest BCUT2D eigenvalue weighted by molar-refractivity contribution is 6.33. The number of carbonyl (C=O) groups is 1. The molecule has 0 atom stereocenters. The van der Waals surface area contributed by atoms with E-state index in [4.69, 9.17) is 20.9 Å². The van der Waals surface area contributed by atoms with Crippen molar-refractivity contribution in [2.75, 3.05) is 6.61 Å². The van der Waals surface area contributed by atoms with Crippen LogP contribution in [0.5, 0.6) is 0 Å². The largest absolute Gasteiger partial charge is 0.462 e. The van der Waals surface area contributed by atoms with E-state index < -0.39 is 46.2 Å². The summed E-state index contributed by atoms with van der Waals surface area (Å²) in [6, 6.07) is 8.06. The molecule has 0 amide bonds. The molecule has 0 bridgehead atoms. The Morgan fingerprint density at radius 2 is 2.00 bits per heavy atom. The summed E-state index contributed by atoms with van der Waals surface area (Å²) >= 11 is 6.08. The number of pyridine rings is 1. The zero-order valence-corrected chi connectivity index (χ0v) is 17.5. The highest BCUT2D eigenvalue weighted by Gasteiger charge is 2.42. The van der Waals surface area contributed by atoms with Gasteiger partial charge < -0.3 is 9.26 Å². The number of hydrogen-bond acceptors (Lipinski definition) is 6. The van der Waals surface area contributed by atoms with E-state index in [-0.39, 0.29) is 23.0 Å². The molecule has 3 heterocycles. The second-order valence-corrected chi connectivity index (χ2v) is 6.96. The normalized spacial score (nSPS) is 11.6. The second-order valence-electron chi connectivity index (χ2n) is 6.56. The van der Waals surface area contributed by atoms with Crippen LogP contribution in [-0.4, -0.2) is 32.5 Å². The lowest BCUT2D eigenvalue weighted by Gasteiger charge is -2.12. The monoisotopic (exact) mass is 480 g/mol. The van der Waals surface area contributed by atoms with E-state index in [1.165, 1.54) is 43.5 Å². The predicted octanol–water partition coefficient (Wildman–Crippen LogP) is 5.58. The highest BCUT2D eigenvalue weighted by Crippen LogP contribution is 2.42. The number of halogens is 5.